The third-order valence-electron chi connectivity index (χ3n) is 2.27. The summed E-state index contributed by atoms with van der Waals surface area (Å²) < 4.78 is -0.314. The molecule has 1 fully saturated rings. The second-order valence-corrected chi connectivity index (χ2v) is 8.35. The van der Waals surface area contributed by atoms with Crippen molar-refractivity contribution in [2.24, 2.45) is 0 Å². The molecule has 0 unspecified atom stereocenters. The van der Waals surface area contributed by atoms with Gasteiger partial charge in [0, 0.05) is 12.8 Å². The van der Waals surface area contributed by atoms with Crippen LogP contribution in [0.5, 0.6) is 0 Å². The Kier molecular flexibility index (Phi) is 5.82. The molecule has 0 atom stereocenters. The highest BCUT2D eigenvalue weighted by atomic mass is 32.2. The lowest BCUT2D eigenvalue weighted by Crippen LogP contribution is -2.39. The molecule has 1 rings (SSSR count). The number of carbonyl (C=O) groups is 3. The summed E-state index contributed by atoms with van der Waals surface area (Å²) in [6, 6.07) is 0. The van der Waals surface area contributed by atoms with Gasteiger partial charge >= 0.3 is 5.97 Å². The van der Waals surface area contributed by atoms with Crippen molar-refractivity contribution < 1.29 is 19.2 Å². The first-order valence-electron chi connectivity index (χ1n) is 5.72. The van der Waals surface area contributed by atoms with Gasteiger partial charge in [0.25, 0.3) is 11.8 Å². The number of hydrogen-bond donors (Lipinski definition) is 0. The second-order valence-electron chi connectivity index (χ2n) is 4.26. The number of imide groups is 1. The van der Waals surface area contributed by atoms with Crippen LogP contribution >= 0.6 is 35.7 Å². The van der Waals surface area contributed by atoms with E-state index in [1.54, 1.807) is 13.8 Å². The average Bonchev–Trinajstić information content (AvgIpc) is 2.60. The minimum Gasteiger partial charge on any atom is -0.329 e. The van der Waals surface area contributed by atoms with E-state index in [2.05, 4.69) is 0 Å². The highest BCUT2D eigenvalue weighted by Crippen LogP contribution is 2.32. The van der Waals surface area contributed by atoms with E-state index < -0.39 is 22.5 Å². The number of amides is 2. The number of hydrogen-bond acceptors (Lipinski definition) is 7. The summed E-state index contributed by atoms with van der Waals surface area (Å²) in [6.07, 6.45) is 0.174. The Morgan fingerprint density at radius 1 is 1.37 bits per heavy atom. The van der Waals surface area contributed by atoms with E-state index >= 15 is 0 Å². The number of carbonyl (C=O) groups excluding carboxylic acids is 3. The highest BCUT2D eigenvalue weighted by Gasteiger charge is 2.39. The van der Waals surface area contributed by atoms with Crippen LogP contribution in [0.2, 0.25) is 0 Å². The molecule has 0 saturated carbocycles. The van der Waals surface area contributed by atoms with Gasteiger partial charge in [-0.25, -0.2) is 4.79 Å². The monoisotopic (exact) mass is 321 g/mol. The first kappa shape index (κ1) is 16.5. The Hall–Kier alpha value is -0.600. The molecule has 1 saturated heterocycles. The first-order valence-corrected chi connectivity index (χ1v) is 7.93. The van der Waals surface area contributed by atoms with E-state index in [1.807, 2.05) is 6.92 Å². The Bertz CT molecular complexity index is 406. The van der Waals surface area contributed by atoms with Crippen molar-refractivity contribution in [2.45, 2.75) is 38.4 Å². The predicted octanol–water partition coefficient (Wildman–Crippen LogP) is 2.14. The van der Waals surface area contributed by atoms with Gasteiger partial charge in [-0.15, -0.1) is 16.8 Å². The van der Waals surface area contributed by atoms with Crippen molar-refractivity contribution in [3.05, 3.63) is 0 Å². The van der Waals surface area contributed by atoms with Crippen molar-refractivity contribution in [3.8, 4) is 0 Å². The summed E-state index contributed by atoms with van der Waals surface area (Å²) in [4.78, 5) is 39.6. The zero-order valence-corrected chi connectivity index (χ0v) is 13.4. The number of thiocarbonyl (C=S) groups is 1. The van der Waals surface area contributed by atoms with Crippen LogP contribution in [-0.4, -0.2) is 36.9 Å². The molecule has 2 amide bonds. The lowest BCUT2D eigenvalue weighted by Gasteiger charge is -2.23. The number of rotatable bonds is 4. The molecule has 0 spiro atoms. The third kappa shape index (κ3) is 4.47. The van der Waals surface area contributed by atoms with E-state index in [0.29, 0.717) is 8.59 Å². The zero-order chi connectivity index (χ0) is 14.6. The minimum atomic E-state index is -0.942. The van der Waals surface area contributed by atoms with Gasteiger partial charge < -0.3 is 4.84 Å². The van der Waals surface area contributed by atoms with E-state index in [0.717, 1.165) is 5.75 Å². The Morgan fingerprint density at radius 2 is 1.89 bits per heavy atom. The molecule has 0 aromatic rings. The summed E-state index contributed by atoms with van der Waals surface area (Å²) in [6.45, 7) is 5.26. The van der Waals surface area contributed by atoms with E-state index in [-0.39, 0.29) is 12.8 Å². The fourth-order valence-corrected chi connectivity index (χ4v) is 4.21. The van der Waals surface area contributed by atoms with E-state index in [4.69, 9.17) is 17.1 Å². The zero-order valence-electron chi connectivity index (χ0n) is 10.9. The summed E-state index contributed by atoms with van der Waals surface area (Å²) in [5, 5.41) is 0.556. The van der Waals surface area contributed by atoms with Crippen LogP contribution in [0.1, 0.15) is 33.6 Å². The number of nitrogens with zero attached hydrogens (tertiary/aromatic N) is 1. The molecule has 0 aromatic carbocycles. The molecule has 1 aliphatic heterocycles. The maximum Gasteiger partial charge on any atom is 0.348 e. The maximum absolute atomic E-state index is 12.0. The highest BCUT2D eigenvalue weighted by molar-refractivity contribution is 8.47. The Morgan fingerprint density at radius 3 is 2.37 bits per heavy atom. The van der Waals surface area contributed by atoms with Gasteiger partial charge in [-0.1, -0.05) is 30.9 Å². The minimum absolute atomic E-state index is 0.0871. The van der Waals surface area contributed by atoms with Crippen LogP contribution in [0.25, 0.3) is 0 Å². The molecule has 0 aromatic heterocycles. The van der Waals surface area contributed by atoms with Crippen molar-refractivity contribution in [1.29, 1.82) is 0 Å². The van der Waals surface area contributed by atoms with E-state index in [1.165, 1.54) is 23.5 Å². The Balaban J connectivity index is 2.63. The number of thioether (sulfide) groups is 2. The predicted molar refractivity (Wildman–Crippen MR) is 79.6 cm³/mol. The quantitative estimate of drug-likeness (QED) is 0.580. The SMILES string of the molecule is CCSC(=S)SC(C)(C)C(=O)ON1C(=O)CCC1=O. The van der Waals surface area contributed by atoms with Crippen LogP contribution in [0.15, 0.2) is 0 Å². The van der Waals surface area contributed by atoms with Crippen LogP contribution < -0.4 is 0 Å². The largest absolute Gasteiger partial charge is 0.348 e. The molecule has 0 radical (unpaired) electrons. The van der Waals surface area contributed by atoms with Crippen LogP contribution in [0, 0.1) is 0 Å². The molecule has 5 nitrogen and oxygen atoms in total. The fourth-order valence-electron chi connectivity index (χ4n) is 1.25. The molecule has 106 valence electrons. The normalized spacial score (nSPS) is 15.8. The molecular formula is C11H15NO4S3. The van der Waals surface area contributed by atoms with Gasteiger partial charge in [0.15, 0.2) is 0 Å². The number of hydroxylamine groups is 2. The molecule has 0 bridgehead atoms. The lowest BCUT2D eigenvalue weighted by atomic mass is 10.2. The molecule has 1 heterocycles. The fraction of sp³-hybridized carbons (Fsp3) is 0.636. The molecule has 1 aliphatic rings. The smallest absolute Gasteiger partial charge is 0.329 e. The summed E-state index contributed by atoms with van der Waals surface area (Å²) in [5.41, 5.74) is 0. The van der Waals surface area contributed by atoms with Crippen molar-refractivity contribution >= 4 is 57.1 Å². The van der Waals surface area contributed by atoms with Gasteiger partial charge in [0.2, 0.25) is 0 Å². The molecule has 0 aliphatic carbocycles. The van der Waals surface area contributed by atoms with Gasteiger partial charge in [-0.05, 0) is 19.6 Å². The standard InChI is InChI=1S/C11H15NO4S3/c1-4-18-10(17)19-11(2,3)9(15)16-12-7(13)5-6-8(12)14/h4-6H2,1-3H3. The van der Waals surface area contributed by atoms with Crippen LogP contribution in [-0.2, 0) is 19.2 Å². The summed E-state index contributed by atoms with van der Waals surface area (Å²) in [7, 11) is 0. The summed E-state index contributed by atoms with van der Waals surface area (Å²) in [5.74, 6) is -0.797. The maximum atomic E-state index is 12.0. The molecule has 19 heavy (non-hydrogen) atoms. The summed E-state index contributed by atoms with van der Waals surface area (Å²) >= 11 is 7.77. The Labute approximate surface area is 125 Å². The van der Waals surface area contributed by atoms with Gasteiger partial charge in [-0.3, -0.25) is 9.59 Å². The topological polar surface area (TPSA) is 63.7 Å². The van der Waals surface area contributed by atoms with Crippen molar-refractivity contribution in [1.82, 2.24) is 5.06 Å². The van der Waals surface area contributed by atoms with Crippen LogP contribution in [0.4, 0.5) is 0 Å². The van der Waals surface area contributed by atoms with E-state index in [9.17, 15) is 14.4 Å². The van der Waals surface area contributed by atoms with Crippen molar-refractivity contribution in [2.75, 3.05) is 5.75 Å². The molecular weight excluding hydrogens is 306 g/mol. The van der Waals surface area contributed by atoms with Gasteiger partial charge in [0.05, 0.1) is 0 Å². The molecule has 8 heteroatoms. The van der Waals surface area contributed by atoms with Gasteiger partial charge in [0.1, 0.15) is 8.28 Å². The van der Waals surface area contributed by atoms with Gasteiger partial charge in [-0.2, -0.15) is 0 Å². The van der Waals surface area contributed by atoms with Crippen LogP contribution in [0.3, 0.4) is 0 Å². The average molecular weight is 321 g/mol. The first-order chi connectivity index (χ1) is 8.77. The third-order valence-corrected chi connectivity index (χ3v) is 4.85. The molecule has 0 N–H and O–H groups in total. The second kappa shape index (κ2) is 6.71. The van der Waals surface area contributed by atoms with Crippen molar-refractivity contribution in [3.63, 3.8) is 0 Å². The lowest BCUT2D eigenvalue weighted by molar-refractivity contribution is -0.198.